The summed E-state index contributed by atoms with van der Waals surface area (Å²) in [7, 11) is 0. The number of nitrogens with zero attached hydrogens (tertiary/aromatic N) is 4. The van der Waals surface area contributed by atoms with Gasteiger partial charge in [-0.1, -0.05) is 48.5 Å². The lowest BCUT2D eigenvalue weighted by Crippen LogP contribution is -2.17. The van der Waals surface area contributed by atoms with E-state index in [-0.39, 0.29) is 11.1 Å². The molecule has 2 aromatic heterocycles. The average molecular weight is 527 g/mol. The van der Waals surface area contributed by atoms with Crippen molar-refractivity contribution in [3.8, 4) is 22.3 Å². The van der Waals surface area contributed by atoms with E-state index in [2.05, 4.69) is 98.3 Å². The number of rotatable bonds is 4. The van der Waals surface area contributed by atoms with Gasteiger partial charge >= 0.3 is 0 Å². The van der Waals surface area contributed by atoms with E-state index >= 15 is 0 Å². The number of fused-ring (bicyclic) bond motifs is 2. The van der Waals surface area contributed by atoms with Gasteiger partial charge in [-0.05, 0) is 72.5 Å². The van der Waals surface area contributed by atoms with E-state index in [1.807, 2.05) is 24.8 Å². The molecular formula is C34H30N4O2. The van der Waals surface area contributed by atoms with Crippen LogP contribution in [0.2, 0.25) is 0 Å². The molecule has 0 fully saturated rings. The third-order valence-electron chi connectivity index (χ3n) is 7.41. The highest BCUT2D eigenvalue weighted by Crippen LogP contribution is 2.43. The minimum absolute atomic E-state index is 0.236. The van der Waals surface area contributed by atoms with E-state index < -0.39 is 0 Å². The van der Waals surface area contributed by atoms with Gasteiger partial charge in [-0.25, -0.2) is 9.98 Å². The first-order valence-corrected chi connectivity index (χ1v) is 13.6. The minimum atomic E-state index is -0.236. The van der Waals surface area contributed by atoms with Crippen molar-refractivity contribution in [3.63, 3.8) is 0 Å². The van der Waals surface area contributed by atoms with Crippen molar-refractivity contribution in [3.05, 3.63) is 96.6 Å². The Morgan fingerprint density at radius 1 is 0.525 bits per heavy atom. The molecule has 3 aromatic carbocycles. The molecule has 6 nitrogen and oxygen atoms in total. The molecule has 6 heteroatoms. The Kier molecular flexibility index (Phi) is 5.49. The van der Waals surface area contributed by atoms with Crippen molar-refractivity contribution >= 4 is 33.3 Å². The van der Waals surface area contributed by atoms with Gasteiger partial charge in [0.1, 0.15) is 13.2 Å². The zero-order chi connectivity index (χ0) is 27.5. The summed E-state index contributed by atoms with van der Waals surface area (Å²) in [6.07, 6.45) is 7.51. The summed E-state index contributed by atoms with van der Waals surface area (Å²) < 4.78 is 11.9. The lowest BCUT2D eigenvalue weighted by Gasteiger charge is -2.18. The van der Waals surface area contributed by atoms with Gasteiger partial charge < -0.3 is 9.47 Å². The second-order valence-corrected chi connectivity index (χ2v) is 11.8. The number of benzene rings is 3. The Morgan fingerprint density at radius 2 is 0.875 bits per heavy atom. The van der Waals surface area contributed by atoms with Crippen LogP contribution in [0, 0.1) is 0 Å². The molecule has 0 radical (unpaired) electrons. The van der Waals surface area contributed by atoms with E-state index in [0.717, 1.165) is 54.9 Å². The fourth-order valence-electron chi connectivity index (χ4n) is 5.60. The Morgan fingerprint density at radius 3 is 1.20 bits per heavy atom. The quantitative estimate of drug-likeness (QED) is 0.232. The largest absolute Gasteiger partial charge is 0.475 e. The van der Waals surface area contributed by atoms with Gasteiger partial charge in [-0.2, -0.15) is 0 Å². The maximum absolute atomic E-state index is 5.95. The first-order valence-electron chi connectivity index (χ1n) is 13.6. The van der Waals surface area contributed by atoms with Gasteiger partial charge in [0.2, 0.25) is 11.8 Å². The molecule has 0 unspecified atom stereocenters. The molecule has 0 saturated heterocycles. The normalized spacial score (nSPS) is 17.4. The smallest absolute Gasteiger partial charge is 0.218 e. The topological polar surface area (TPSA) is 69.0 Å². The van der Waals surface area contributed by atoms with Gasteiger partial charge in [0.05, 0.1) is 22.2 Å². The van der Waals surface area contributed by atoms with Crippen LogP contribution in [0.5, 0.6) is 0 Å². The Bertz CT molecular complexity index is 1680. The minimum Gasteiger partial charge on any atom is -0.475 e. The Hall–Kier alpha value is -4.58. The van der Waals surface area contributed by atoms with Crippen molar-refractivity contribution in [2.24, 2.45) is 9.98 Å². The highest BCUT2D eigenvalue weighted by Gasteiger charge is 2.29. The highest BCUT2D eigenvalue weighted by atomic mass is 16.5. The summed E-state index contributed by atoms with van der Waals surface area (Å²) in [6, 6.07) is 21.4. The van der Waals surface area contributed by atoms with Gasteiger partial charge in [0, 0.05) is 35.9 Å². The molecule has 0 saturated carbocycles. The maximum Gasteiger partial charge on any atom is 0.218 e. The van der Waals surface area contributed by atoms with E-state index in [0.29, 0.717) is 25.0 Å². The number of pyridine rings is 2. The molecule has 4 heterocycles. The van der Waals surface area contributed by atoms with Crippen LogP contribution in [-0.2, 0) is 9.47 Å². The predicted octanol–water partition coefficient (Wildman–Crippen LogP) is 7.23. The van der Waals surface area contributed by atoms with Crippen LogP contribution in [0.1, 0.15) is 38.8 Å². The molecule has 7 rings (SSSR count). The fourth-order valence-corrected chi connectivity index (χ4v) is 5.60. The standard InChI is InChI=1S/C34H30N4O2/c1-33(2)19-39-31(37-33)23-13-21(15-35-17-23)29-25-9-5-7-11-27(25)30(28-12-8-6-10-26(28)29)22-14-24(18-36-16-22)32-38-34(3,4)20-40-32/h5-18H,19-20H2,1-4H3. The summed E-state index contributed by atoms with van der Waals surface area (Å²) in [5.41, 5.74) is 5.62. The second kappa shape index (κ2) is 8.98. The molecule has 2 aliphatic heterocycles. The van der Waals surface area contributed by atoms with Crippen molar-refractivity contribution < 1.29 is 9.47 Å². The molecule has 198 valence electrons. The molecule has 0 amide bonds. The molecule has 2 aliphatic rings. The molecular weight excluding hydrogens is 496 g/mol. The number of ether oxygens (including phenoxy) is 2. The Balaban J connectivity index is 1.46. The molecule has 0 atom stereocenters. The number of aromatic nitrogens is 2. The SMILES string of the molecule is CC1(C)COC(c2cncc(-c3c4ccccc4c(-c4cncc(C5=NC(C)(C)CO5)c4)c4ccccc34)c2)=N1. The first kappa shape index (κ1) is 24.5. The van der Waals surface area contributed by atoms with Crippen LogP contribution in [0.3, 0.4) is 0 Å². The summed E-state index contributed by atoms with van der Waals surface area (Å²) in [6.45, 7) is 9.44. The summed E-state index contributed by atoms with van der Waals surface area (Å²) in [5, 5.41) is 4.58. The van der Waals surface area contributed by atoms with Gasteiger partial charge in [0.15, 0.2) is 0 Å². The highest BCUT2D eigenvalue weighted by molar-refractivity contribution is 6.21. The van der Waals surface area contributed by atoms with E-state index in [1.54, 1.807) is 0 Å². The van der Waals surface area contributed by atoms with E-state index in [1.165, 1.54) is 0 Å². The monoisotopic (exact) mass is 526 g/mol. The zero-order valence-electron chi connectivity index (χ0n) is 23.1. The van der Waals surface area contributed by atoms with Crippen molar-refractivity contribution in [1.82, 2.24) is 9.97 Å². The molecule has 0 N–H and O–H groups in total. The van der Waals surface area contributed by atoms with Crippen LogP contribution < -0.4 is 0 Å². The Labute approximate surface area is 233 Å². The fraction of sp³-hybridized carbons (Fsp3) is 0.235. The number of hydrogen-bond donors (Lipinski definition) is 0. The molecule has 40 heavy (non-hydrogen) atoms. The van der Waals surface area contributed by atoms with E-state index in [4.69, 9.17) is 19.5 Å². The van der Waals surface area contributed by atoms with Crippen molar-refractivity contribution in [1.29, 1.82) is 0 Å². The predicted molar refractivity (Wildman–Crippen MR) is 161 cm³/mol. The maximum atomic E-state index is 5.95. The number of aliphatic imine (C=N–C) groups is 2. The first-order chi connectivity index (χ1) is 19.3. The van der Waals surface area contributed by atoms with Gasteiger partial charge in [0.25, 0.3) is 0 Å². The van der Waals surface area contributed by atoms with Crippen LogP contribution in [0.4, 0.5) is 0 Å². The van der Waals surface area contributed by atoms with E-state index in [9.17, 15) is 0 Å². The van der Waals surface area contributed by atoms with Crippen molar-refractivity contribution in [2.45, 2.75) is 38.8 Å². The van der Waals surface area contributed by atoms with Crippen LogP contribution in [0.25, 0.3) is 43.8 Å². The molecule has 0 bridgehead atoms. The third kappa shape index (κ3) is 4.20. The van der Waals surface area contributed by atoms with Crippen molar-refractivity contribution in [2.75, 3.05) is 13.2 Å². The summed E-state index contributed by atoms with van der Waals surface area (Å²) in [4.78, 5) is 18.8. The summed E-state index contributed by atoms with van der Waals surface area (Å²) in [5.74, 6) is 1.29. The van der Waals surface area contributed by atoms with Gasteiger partial charge in [-0.15, -0.1) is 0 Å². The zero-order valence-corrected chi connectivity index (χ0v) is 23.1. The third-order valence-corrected chi connectivity index (χ3v) is 7.41. The average Bonchev–Trinajstić information content (AvgIpc) is 3.52. The second-order valence-electron chi connectivity index (χ2n) is 11.8. The molecule has 5 aromatic rings. The molecule has 0 spiro atoms. The van der Waals surface area contributed by atoms with Crippen LogP contribution in [0.15, 0.2) is 95.4 Å². The van der Waals surface area contributed by atoms with Crippen LogP contribution >= 0.6 is 0 Å². The van der Waals surface area contributed by atoms with Gasteiger partial charge in [-0.3, -0.25) is 9.97 Å². The lowest BCUT2D eigenvalue weighted by molar-refractivity contribution is 0.279. The number of hydrogen-bond acceptors (Lipinski definition) is 6. The lowest BCUT2D eigenvalue weighted by atomic mass is 9.86. The molecule has 0 aliphatic carbocycles. The summed E-state index contributed by atoms with van der Waals surface area (Å²) >= 11 is 0. The van der Waals surface area contributed by atoms with Crippen LogP contribution in [-0.4, -0.2) is 46.1 Å².